The highest BCUT2D eigenvalue weighted by atomic mass is 15.1. The summed E-state index contributed by atoms with van der Waals surface area (Å²) in [5.41, 5.74) is 4.73. The number of aromatic nitrogens is 2. The van der Waals surface area contributed by atoms with E-state index in [2.05, 4.69) is 65.8 Å². The number of nitrogens with one attached hydrogen (secondary N) is 1. The summed E-state index contributed by atoms with van der Waals surface area (Å²) in [6, 6.07) is 13.1. The van der Waals surface area contributed by atoms with E-state index < -0.39 is 0 Å². The van der Waals surface area contributed by atoms with Crippen LogP contribution in [0.2, 0.25) is 0 Å². The molecule has 0 fully saturated rings. The number of benzene rings is 1. The first kappa shape index (κ1) is 15.6. The molecule has 0 saturated carbocycles. The molecule has 1 aromatic heterocycles. The Bertz CT molecular complexity index is 552. The van der Waals surface area contributed by atoms with Crippen LogP contribution in [-0.4, -0.2) is 16.7 Å². The van der Waals surface area contributed by atoms with Gasteiger partial charge in [-0.05, 0) is 49.9 Å². The summed E-state index contributed by atoms with van der Waals surface area (Å²) in [6.45, 7) is 7.36. The molecule has 1 aromatic carbocycles. The number of hydrogen-bond donors (Lipinski definition) is 1. The monoisotopic (exact) mass is 283 g/mol. The van der Waals surface area contributed by atoms with Crippen LogP contribution in [0.15, 0.2) is 36.4 Å². The fourth-order valence-corrected chi connectivity index (χ4v) is 2.57. The summed E-state index contributed by atoms with van der Waals surface area (Å²) >= 11 is 0. The van der Waals surface area contributed by atoms with Crippen LogP contribution in [0.1, 0.15) is 48.8 Å². The quantitative estimate of drug-likeness (QED) is 0.843. The predicted octanol–water partition coefficient (Wildman–Crippen LogP) is 3.63. The van der Waals surface area contributed by atoms with Gasteiger partial charge in [0.2, 0.25) is 0 Å². The van der Waals surface area contributed by atoms with Gasteiger partial charge in [0.15, 0.2) is 0 Å². The van der Waals surface area contributed by atoms with Gasteiger partial charge in [-0.3, -0.25) is 0 Å². The third kappa shape index (κ3) is 4.36. The van der Waals surface area contributed by atoms with Crippen LogP contribution in [0.3, 0.4) is 0 Å². The molecule has 0 saturated heterocycles. The van der Waals surface area contributed by atoms with Gasteiger partial charge in [0.1, 0.15) is 0 Å². The molecule has 2 rings (SSSR count). The Morgan fingerprint density at radius 1 is 1.10 bits per heavy atom. The number of aryl methyl sites for hydroxylation is 2. The summed E-state index contributed by atoms with van der Waals surface area (Å²) < 4.78 is 0. The molecule has 2 aromatic rings. The average molecular weight is 283 g/mol. The van der Waals surface area contributed by atoms with E-state index in [4.69, 9.17) is 0 Å². The summed E-state index contributed by atoms with van der Waals surface area (Å²) in [6.07, 6.45) is 3.03. The number of rotatable bonds is 7. The second kappa shape index (κ2) is 7.89. The Balaban J connectivity index is 2.28. The van der Waals surface area contributed by atoms with Crippen LogP contribution in [-0.2, 0) is 12.8 Å². The molecular formula is C18H25N3. The summed E-state index contributed by atoms with van der Waals surface area (Å²) in [7, 11) is 0. The van der Waals surface area contributed by atoms with E-state index in [0.29, 0.717) is 6.04 Å². The van der Waals surface area contributed by atoms with Crippen molar-refractivity contribution in [3.8, 4) is 0 Å². The number of hydrogen-bond acceptors (Lipinski definition) is 3. The summed E-state index contributed by atoms with van der Waals surface area (Å²) in [5, 5.41) is 12.2. The fourth-order valence-electron chi connectivity index (χ4n) is 2.57. The van der Waals surface area contributed by atoms with Gasteiger partial charge >= 0.3 is 0 Å². The van der Waals surface area contributed by atoms with Gasteiger partial charge in [0.25, 0.3) is 0 Å². The van der Waals surface area contributed by atoms with Gasteiger partial charge in [0.05, 0.1) is 11.4 Å². The molecule has 3 heteroatoms. The third-order valence-electron chi connectivity index (χ3n) is 3.66. The zero-order chi connectivity index (χ0) is 15.1. The predicted molar refractivity (Wildman–Crippen MR) is 87.3 cm³/mol. The van der Waals surface area contributed by atoms with E-state index in [9.17, 15) is 0 Å². The lowest BCUT2D eigenvalue weighted by atomic mass is 9.96. The van der Waals surface area contributed by atoms with E-state index >= 15 is 0 Å². The van der Waals surface area contributed by atoms with Gasteiger partial charge in [-0.2, -0.15) is 10.2 Å². The highest BCUT2D eigenvalue weighted by molar-refractivity contribution is 5.28. The fraction of sp³-hybridized carbons (Fsp3) is 0.444. The zero-order valence-corrected chi connectivity index (χ0v) is 13.3. The Hall–Kier alpha value is -1.74. The first-order chi connectivity index (χ1) is 10.2. The highest BCUT2D eigenvalue weighted by Gasteiger charge is 2.16. The van der Waals surface area contributed by atoms with Gasteiger partial charge in [-0.15, -0.1) is 0 Å². The van der Waals surface area contributed by atoms with Crippen molar-refractivity contribution >= 4 is 0 Å². The van der Waals surface area contributed by atoms with Crippen LogP contribution < -0.4 is 5.32 Å². The van der Waals surface area contributed by atoms with E-state index in [1.54, 1.807) is 0 Å². The first-order valence-corrected chi connectivity index (χ1v) is 7.85. The Kier molecular flexibility index (Phi) is 5.88. The van der Waals surface area contributed by atoms with Gasteiger partial charge < -0.3 is 5.32 Å². The van der Waals surface area contributed by atoms with Crippen LogP contribution in [0.4, 0.5) is 0 Å². The smallest absolute Gasteiger partial charge is 0.0676 e. The standard InChI is InChI=1S/C18H25N3/c1-4-11-19-18(13-15-9-7-6-8-10-15)16-12-14(3)20-21-17(16)5-2/h6-10,12,18-19H,4-5,11,13H2,1-3H3. The third-order valence-corrected chi connectivity index (χ3v) is 3.66. The molecule has 0 aliphatic carbocycles. The molecule has 1 heterocycles. The highest BCUT2D eigenvalue weighted by Crippen LogP contribution is 2.22. The maximum absolute atomic E-state index is 4.38. The maximum atomic E-state index is 4.38. The van der Waals surface area contributed by atoms with Crippen molar-refractivity contribution < 1.29 is 0 Å². The van der Waals surface area contributed by atoms with Crippen LogP contribution >= 0.6 is 0 Å². The molecule has 1 unspecified atom stereocenters. The van der Waals surface area contributed by atoms with Gasteiger partial charge in [-0.1, -0.05) is 44.2 Å². The molecule has 1 N–H and O–H groups in total. The van der Waals surface area contributed by atoms with Gasteiger partial charge in [-0.25, -0.2) is 0 Å². The van der Waals surface area contributed by atoms with Crippen molar-refractivity contribution in [2.75, 3.05) is 6.54 Å². The van der Waals surface area contributed by atoms with Crippen molar-refractivity contribution in [2.24, 2.45) is 0 Å². The van der Waals surface area contributed by atoms with Crippen molar-refractivity contribution in [2.45, 2.75) is 46.1 Å². The molecule has 1 atom stereocenters. The van der Waals surface area contributed by atoms with Crippen molar-refractivity contribution in [1.82, 2.24) is 15.5 Å². The lowest BCUT2D eigenvalue weighted by molar-refractivity contribution is 0.521. The van der Waals surface area contributed by atoms with E-state index in [-0.39, 0.29) is 0 Å². The molecule has 0 aliphatic rings. The minimum absolute atomic E-state index is 0.302. The molecule has 0 spiro atoms. The molecule has 0 radical (unpaired) electrons. The molecule has 0 bridgehead atoms. The Morgan fingerprint density at radius 2 is 1.86 bits per heavy atom. The zero-order valence-electron chi connectivity index (χ0n) is 13.3. The molecule has 21 heavy (non-hydrogen) atoms. The van der Waals surface area contributed by atoms with E-state index in [1.807, 2.05) is 6.92 Å². The second-order valence-electron chi connectivity index (χ2n) is 5.44. The molecule has 112 valence electrons. The lowest BCUT2D eigenvalue weighted by Crippen LogP contribution is -2.26. The molecule has 3 nitrogen and oxygen atoms in total. The molecule has 0 amide bonds. The lowest BCUT2D eigenvalue weighted by Gasteiger charge is -2.21. The van der Waals surface area contributed by atoms with E-state index in [1.165, 1.54) is 11.1 Å². The van der Waals surface area contributed by atoms with Crippen molar-refractivity contribution in [3.05, 3.63) is 58.9 Å². The van der Waals surface area contributed by atoms with Gasteiger partial charge in [0, 0.05) is 6.04 Å². The Labute approximate surface area is 127 Å². The van der Waals surface area contributed by atoms with Crippen molar-refractivity contribution in [1.29, 1.82) is 0 Å². The SMILES string of the molecule is CCCNC(Cc1ccccc1)c1cc(C)nnc1CC. The van der Waals surface area contributed by atoms with Crippen LogP contribution in [0, 0.1) is 6.92 Å². The molecular weight excluding hydrogens is 258 g/mol. The average Bonchev–Trinajstić information content (AvgIpc) is 2.52. The summed E-state index contributed by atoms with van der Waals surface area (Å²) in [5.74, 6) is 0. The van der Waals surface area contributed by atoms with Crippen LogP contribution in [0.25, 0.3) is 0 Å². The van der Waals surface area contributed by atoms with Crippen molar-refractivity contribution in [3.63, 3.8) is 0 Å². The summed E-state index contributed by atoms with van der Waals surface area (Å²) in [4.78, 5) is 0. The maximum Gasteiger partial charge on any atom is 0.0676 e. The topological polar surface area (TPSA) is 37.8 Å². The van der Waals surface area contributed by atoms with E-state index in [0.717, 1.165) is 37.2 Å². The molecule has 0 aliphatic heterocycles. The second-order valence-corrected chi connectivity index (χ2v) is 5.44. The normalized spacial score (nSPS) is 12.3. The van der Waals surface area contributed by atoms with Crippen LogP contribution in [0.5, 0.6) is 0 Å². The minimum atomic E-state index is 0.302. The number of nitrogens with zero attached hydrogens (tertiary/aromatic N) is 2. The Morgan fingerprint density at radius 3 is 2.52 bits per heavy atom. The largest absolute Gasteiger partial charge is 0.310 e. The minimum Gasteiger partial charge on any atom is -0.310 e. The first-order valence-electron chi connectivity index (χ1n) is 7.85.